The maximum atomic E-state index is 8.36. The molecular formula is C15H15N3O2S. The molecule has 0 fully saturated rings. The molecular weight excluding hydrogens is 286 g/mol. The molecule has 5 nitrogen and oxygen atoms in total. The highest BCUT2D eigenvalue weighted by molar-refractivity contribution is 7.13. The van der Waals surface area contributed by atoms with Gasteiger partial charge in [0.1, 0.15) is 0 Å². The molecule has 0 saturated heterocycles. The molecule has 0 aliphatic heterocycles. The Labute approximate surface area is 126 Å². The van der Waals surface area contributed by atoms with Gasteiger partial charge in [0.15, 0.2) is 5.82 Å². The molecule has 6 heteroatoms. The first-order chi connectivity index (χ1) is 10.3. The molecule has 1 atom stereocenters. The first kappa shape index (κ1) is 14.9. The number of carboxylic acid groups (broad SMARTS) is 1. The fourth-order valence-corrected chi connectivity index (χ4v) is 2.73. The summed E-state index contributed by atoms with van der Waals surface area (Å²) in [5.74, 6) is 1.02. The molecule has 3 aromatic rings. The van der Waals surface area contributed by atoms with E-state index < -0.39 is 0 Å². The summed E-state index contributed by atoms with van der Waals surface area (Å²) in [7, 11) is 0. The second-order valence-electron chi connectivity index (χ2n) is 4.20. The minimum atomic E-state index is -0.250. The van der Waals surface area contributed by atoms with E-state index in [4.69, 9.17) is 9.90 Å². The second-order valence-corrected chi connectivity index (χ2v) is 5.15. The highest BCUT2D eigenvalue weighted by atomic mass is 32.1. The minimum Gasteiger partial charge on any atom is -0.483 e. The number of hydrogen-bond acceptors (Lipinski definition) is 4. The molecule has 1 unspecified atom stereocenters. The summed E-state index contributed by atoms with van der Waals surface area (Å²) in [6.45, 7) is 1.91. The molecule has 0 bridgehead atoms. The van der Waals surface area contributed by atoms with Crippen LogP contribution >= 0.6 is 11.3 Å². The molecule has 0 saturated carbocycles. The Morgan fingerprint density at radius 3 is 2.76 bits per heavy atom. The first-order valence-electron chi connectivity index (χ1n) is 6.32. The quantitative estimate of drug-likeness (QED) is 0.754. The van der Waals surface area contributed by atoms with Gasteiger partial charge in [0.05, 0.1) is 10.9 Å². The number of hydrogen-bond donors (Lipinski definition) is 1. The lowest BCUT2D eigenvalue weighted by Gasteiger charge is -2.15. The zero-order chi connectivity index (χ0) is 15.1. The van der Waals surface area contributed by atoms with Crippen molar-refractivity contribution in [2.24, 2.45) is 0 Å². The largest absolute Gasteiger partial charge is 0.483 e. The smallest absolute Gasteiger partial charge is 0.290 e. The Balaban J connectivity index is 0.000000497. The standard InChI is InChI=1S/C14H13N3S.CH2O2/c1-11(12-4-2-6-15-10-12)17-8-7-16-14(17)13-5-3-9-18-13;2-1-3/h2-11H,1H3;1H,(H,2,3). The van der Waals surface area contributed by atoms with Crippen LogP contribution in [-0.2, 0) is 4.79 Å². The Hall–Kier alpha value is -2.47. The Bertz CT molecular complexity index is 665. The van der Waals surface area contributed by atoms with Gasteiger partial charge in [-0.2, -0.15) is 0 Å². The van der Waals surface area contributed by atoms with Crippen molar-refractivity contribution < 1.29 is 9.90 Å². The summed E-state index contributed by atoms with van der Waals surface area (Å²) < 4.78 is 2.18. The van der Waals surface area contributed by atoms with Crippen molar-refractivity contribution in [3.8, 4) is 10.7 Å². The molecule has 0 amide bonds. The minimum absolute atomic E-state index is 0.235. The maximum absolute atomic E-state index is 8.36. The highest BCUT2D eigenvalue weighted by Gasteiger charge is 2.13. The van der Waals surface area contributed by atoms with Gasteiger partial charge in [0.25, 0.3) is 6.47 Å². The summed E-state index contributed by atoms with van der Waals surface area (Å²) in [5, 5.41) is 8.96. The molecule has 0 spiro atoms. The van der Waals surface area contributed by atoms with Gasteiger partial charge in [-0.1, -0.05) is 12.1 Å². The van der Waals surface area contributed by atoms with Crippen molar-refractivity contribution in [3.63, 3.8) is 0 Å². The number of rotatable bonds is 3. The average Bonchev–Trinajstić information content (AvgIpc) is 3.19. The highest BCUT2D eigenvalue weighted by Crippen LogP contribution is 2.27. The molecule has 21 heavy (non-hydrogen) atoms. The lowest BCUT2D eigenvalue weighted by Crippen LogP contribution is -2.07. The van der Waals surface area contributed by atoms with Crippen LogP contribution in [0.2, 0.25) is 0 Å². The number of carbonyl (C=O) groups is 1. The monoisotopic (exact) mass is 301 g/mol. The molecule has 3 aromatic heterocycles. The molecule has 0 aromatic carbocycles. The van der Waals surface area contributed by atoms with Crippen molar-refractivity contribution >= 4 is 17.8 Å². The third-order valence-corrected chi connectivity index (χ3v) is 3.86. The van der Waals surface area contributed by atoms with Gasteiger partial charge < -0.3 is 9.67 Å². The summed E-state index contributed by atoms with van der Waals surface area (Å²) >= 11 is 1.71. The van der Waals surface area contributed by atoms with Crippen LogP contribution in [0.1, 0.15) is 18.5 Å². The van der Waals surface area contributed by atoms with Gasteiger partial charge in [-0.15, -0.1) is 11.3 Å². The molecule has 3 rings (SSSR count). The van der Waals surface area contributed by atoms with E-state index in [1.54, 1.807) is 17.5 Å². The number of imidazole rings is 1. The summed E-state index contributed by atoms with van der Waals surface area (Å²) in [4.78, 5) is 18.2. The van der Waals surface area contributed by atoms with Gasteiger partial charge in [-0.3, -0.25) is 9.78 Å². The molecule has 0 aliphatic carbocycles. The van der Waals surface area contributed by atoms with Crippen LogP contribution in [-0.4, -0.2) is 26.1 Å². The fourth-order valence-electron chi connectivity index (χ4n) is 2.01. The molecule has 108 valence electrons. The third-order valence-electron chi connectivity index (χ3n) is 2.99. The van der Waals surface area contributed by atoms with Crippen molar-refractivity contribution in [1.29, 1.82) is 0 Å². The zero-order valence-electron chi connectivity index (χ0n) is 11.5. The van der Waals surface area contributed by atoms with Crippen LogP contribution in [0.4, 0.5) is 0 Å². The Morgan fingerprint density at radius 2 is 2.14 bits per heavy atom. The van der Waals surface area contributed by atoms with Crippen LogP contribution < -0.4 is 0 Å². The van der Waals surface area contributed by atoms with Crippen molar-refractivity contribution in [1.82, 2.24) is 14.5 Å². The van der Waals surface area contributed by atoms with Gasteiger partial charge in [0, 0.05) is 24.8 Å². The van der Waals surface area contributed by atoms with Gasteiger partial charge >= 0.3 is 0 Å². The van der Waals surface area contributed by atoms with E-state index in [0.717, 1.165) is 5.82 Å². The van der Waals surface area contributed by atoms with E-state index >= 15 is 0 Å². The van der Waals surface area contributed by atoms with Gasteiger partial charge in [-0.05, 0) is 30.0 Å². The number of nitrogens with zero attached hydrogens (tertiary/aromatic N) is 3. The summed E-state index contributed by atoms with van der Waals surface area (Å²) in [6, 6.07) is 8.44. The Morgan fingerprint density at radius 1 is 1.33 bits per heavy atom. The van der Waals surface area contributed by atoms with E-state index in [0.29, 0.717) is 0 Å². The fraction of sp³-hybridized carbons (Fsp3) is 0.133. The number of aromatic nitrogens is 3. The van der Waals surface area contributed by atoms with E-state index in [-0.39, 0.29) is 12.5 Å². The molecule has 0 radical (unpaired) electrons. The van der Waals surface area contributed by atoms with Crippen molar-refractivity contribution in [2.45, 2.75) is 13.0 Å². The lowest BCUT2D eigenvalue weighted by atomic mass is 10.1. The third kappa shape index (κ3) is 3.55. The molecule has 0 aliphatic rings. The van der Waals surface area contributed by atoms with Gasteiger partial charge in [-0.25, -0.2) is 4.98 Å². The second kappa shape index (κ2) is 7.35. The van der Waals surface area contributed by atoms with Gasteiger partial charge in [0.2, 0.25) is 0 Å². The number of thiophene rings is 1. The van der Waals surface area contributed by atoms with Crippen LogP contribution in [0.3, 0.4) is 0 Å². The average molecular weight is 301 g/mol. The SMILES string of the molecule is CC(c1cccnc1)n1ccnc1-c1cccs1.O=CO. The Kier molecular flexibility index (Phi) is 5.22. The number of pyridine rings is 1. The van der Waals surface area contributed by atoms with Crippen molar-refractivity contribution in [2.75, 3.05) is 0 Å². The van der Waals surface area contributed by atoms with Crippen molar-refractivity contribution in [3.05, 3.63) is 60.0 Å². The topological polar surface area (TPSA) is 68.0 Å². The predicted molar refractivity (Wildman–Crippen MR) is 82.3 cm³/mol. The molecule has 1 N–H and O–H groups in total. The van der Waals surface area contributed by atoms with E-state index in [9.17, 15) is 0 Å². The predicted octanol–water partition coefficient (Wildman–Crippen LogP) is 3.32. The van der Waals surface area contributed by atoms with Crippen LogP contribution in [0.5, 0.6) is 0 Å². The summed E-state index contributed by atoms with van der Waals surface area (Å²) in [6.07, 6.45) is 7.57. The maximum Gasteiger partial charge on any atom is 0.290 e. The first-order valence-corrected chi connectivity index (χ1v) is 7.20. The summed E-state index contributed by atoms with van der Waals surface area (Å²) in [5.41, 5.74) is 1.19. The van der Waals surface area contributed by atoms with Crippen LogP contribution in [0.15, 0.2) is 54.4 Å². The lowest BCUT2D eigenvalue weighted by molar-refractivity contribution is -0.122. The van der Waals surface area contributed by atoms with E-state index in [2.05, 4.69) is 39.0 Å². The van der Waals surface area contributed by atoms with E-state index in [1.807, 2.05) is 30.7 Å². The van der Waals surface area contributed by atoms with E-state index in [1.165, 1.54) is 10.4 Å². The zero-order valence-corrected chi connectivity index (χ0v) is 12.3. The van der Waals surface area contributed by atoms with Crippen LogP contribution in [0, 0.1) is 0 Å². The van der Waals surface area contributed by atoms with Crippen LogP contribution in [0.25, 0.3) is 10.7 Å². The normalized spacial score (nSPS) is 11.3. The molecule has 3 heterocycles.